The van der Waals surface area contributed by atoms with E-state index in [4.69, 9.17) is 0 Å². The topological polar surface area (TPSA) is 86.8 Å². The Morgan fingerprint density at radius 3 is 2.92 bits per heavy atom. The van der Waals surface area contributed by atoms with Gasteiger partial charge in [-0.05, 0) is 32.9 Å². The lowest BCUT2D eigenvalue weighted by atomic mass is 10.0. The van der Waals surface area contributed by atoms with Crippen molar-refractivity contribution in [1.29, 1.82) is 0 Å². The molecule has 0 aliphatic heterocycles. The Labute approximate surface area is 152 Å². The van der Waals surface area contributed by atoms with Gasteiger partial charge in [-0.25, -0.2) is 19.3 Å². The number of nitrogens with one attached hydrogen (secondary N) is 2. The van der Waals surface area contributed by atoms with Crippen LogP contribution in [0, 0.1) is 5.82 Å². The zero-order chi connectivity index (χ0) is 18.9. The monoisotopic (exact) mass is 358 g/mol. The molecule has 0 aliphatic rings. The molecule has 2 N–H and O–H groups in total. The molecule has 0 spiro atoms. The number of pyridine rings is 1. The second-order valence-electron chi connectivity index (χ2n) is 6.59. The van der Waals surface area contributed by atoms with Crippen molar-refractivity contribution in [2.24, 2.45) is 0 Å². The fraction of sp³-hybridized carbons (Fsp3) is 0.333. The molecule has 3 aromatic rings. The second-order valence-corrected chi connectivity index (χ2v) is 6.59. The van der Waals surface area contributed by atoms with Crippen LogP contribution in [-0.4, -0.2) is 49.9 Å². The fourth-order valence-electron chi connectivity index (χ4n) is 2.72. The molecule has 3 rings (SSSR count). The van der Waals surface area contributed by atoms with Crippen LogP contribution in [0.1, 0.15) is 22.2 Å². The Kier molecular flexibility index (Phi) is 4.58. The number of aromatic amines is 1. The Hall–Kier alpha value is -3.03. The molecular weight excluding hydrogens is 335 g/mol. The molecule has 26 heavy (non-hydrogen) atoms. The van der Waals surface area contributed by atoms with Gasteiger partial charge in [0.25, 0.3) is 0 Å². The molecule has 0 aliphatic carbocycles. The van der Waals surface area contributed by atoms with Gasteiger partial charge in [-0.1, -0.05) is 0 Å². The maximum Gasteiger partial charge on any atom is 0.247 e. The fourth-order valence-corrected chi connectivity index (χ4v) is 2.72. The van der Waals surface area contributed by atoms with Crippen LogP contribution in [0.2, 0.25) is 0 Å². The summed E-state index contributed by atoms with van der Waals surface area (Å²) >= 11 is 0. The van der Waals surface area contributed by atoms with Crippen molar-refractivity contribution in [3.05, 3.63) is 36.5 Å². The predicted octanol–water partition coefficient (Wildman–Crippen LogP) is 3.07. The summed E-state index contributed by atoms with van der Waals surface area (Å²) in [6, 6.07) is 3.08. The van der Waals surface area contributed by atoms with E-state index in [-0.39, 0.29) is 7.33 Å². The van der Waals surface area contributed by atoms with Crippen LogP contribution in [-0.2, 0) is 4.79 Å². The van der Waals surface area contributed by atoms with E-state index in [9.17, 15) is 9.18 Å². The molecule has 0 aromatic carbocycles. The number of rotatable bonds is 5. The van der Waals surface area contributed by atoms with Crippen molar-refractivity contribution >= 4 is 22.8 Å². The van der Waals surface area contributed by atoms with E-state index in [1.165, 1.54) is 6.07 Å². The zero-order valence-electron chi connectivity index (χ0n) is 15.2. The number of aromatic nitrogens is 4. The van der Waals surface area contributed by atoms with Crippen LogP contribution < -0.4 is 5.32 Å². The number of hydrogen-bond acceptors (Lipinski definition) is 5. The second kappa shape index (κ2) is 6.70. The van der Waals surface area contributed by atoms with Crippen molar-refractivity contribution < 1.29 is 10.6 Å². The molecular formula is C18H23FN6O. The SMILES string of the molecule is CCN(C)C(=O)C(C)(C)Nc1ccnc(-c2c[nH]c3ncc(F)cc23)n1.[HH]. The third kappa shape index (κ3) is 3.35. The number of fused-ring (bicyclic) bond motifs is 1. The normalized spacial score (nSPS) is 11.6. The van der Waals surface area contributed by atoms with E-state index in [0.29, 0.717) is 34.8 Å². The summed E-state index contributed by atoms with van der Waals surface area (Å²) in [6.45, 7) is 6.14. The average molecular weight is 358 g/mol. The Balaban J connectivity index is 0.00000261. The van der Waals surface area contributed by atoms with Crippen LogP contribution in [0.25, 0.3) is 22.4 Å². The molecule has 0 radical (unpaired) electrons. The summed E-state index contributed by atoms with van der Waals surface area (Å²) in [5.74, 6) is 0.456. The lowest BCUT2D eigenvalue weighted by molar-refractivity contribution is -0.133. The standard InChI is InChI=1S/C18H21FN6O.H2/c1-5-25(4)17(26)18(2,3)24-14-6-7-20-16(23-14)13-10-22-15-12(13)8-11(19)9-21-15;/h6-10H,5H2,1-4H3,(H,21,22)(H,20,23,24);1H. The highest BCUT2D eigenvalue weighted by Gasteiger charge is 2.30. The number of halogens is 1. The molecule has 0 fully saturated rings. The maximum atomic E-state index is 13.5. The van der Waals surface area contributed by atoms with Gasteiger partial charge in [-0.3, -0.25) is 4.79 Å². The molecule has 0 unspecified atom stereocenters. The first-order chi connectivity index (χ1) is 12.3. The van der Waals surface area contributed by atoms with Crippen LogP contribution >= 0.6 is 0 Å². The smallest absolute Gasteiger partial charge is 0.247 e. The van der Waals surface area contributed by atoms with Crippen molar-refractivity contribution in [1.82, 2.24) is 24.8 Å². The highest BCUT2D eigenvalue weighted by atomic mass is 19.1. The summed E-state index contributed by atoms with van der Waals surface area (Å²) in [6.07, 6.45) is 4.44. The third-order valence-corrected chi connectivity index (χ3v) is 4.19. The summed E-state index contributed by atoms with van der Waals surface area (Å²) < 4.78 is 13.5. The van der Waals surface area contributed by atoms with Crippen molar-refractivity contribution in [3.8, 4) is 11.4 Å². The summed E-state index contributed by atoms with van der Waals surface area (Å²) in [5.41, 5.74) is 0.374. The van der Waals surface area contributed by atoms with E-state index in [1.54, 1.807) is 44.3 Å². The van der Waals surface area contributed by atoms with E-state index in [2.05, 4.69) is 25.3 Å². The van der Waals surface area contributed by atoms with Crippen LogP contribution in [0.15, 0.2) is 30.7 Å². The van der Waals surface area contributed by atoms with Crippen LogP contribution in [0.5, 0.6) is 0 Å². The first-order valence-electron chi connectivity index (χ1n) is 8.31. The minimum absolute atomic E-state index is 0. The van der Waals surface area contributed by atoms with E-state index in [0.717, 1.165) is 6.20 Å². The van der Waals surface area contributed by atoms with Gasteiger partial charge in [-0.2, -0.15) is 0 Å². The Morgan fingerprint density at radius 2 is 2.19 bits per heavy atom. The maximum absolute atomic E-state index is 13.5. The Morgan fingerprint density at radius 1 is 1.42 bits per heavy atom. The molecule has 8 heteroatoms. The van der Waals surface area contributed by atoms with Gasteiger partial charge < -0.3 is 15.2 Å². The van der Waals surface area contributed by atoms with Crippen molar-refractivity contribution in [3.63, 3.8) is 0 Å². The average Bonchev–Trinajstić information content (AvgIpc) is 3.03. The molecule has 3 aromatic heterocycles. The van der Waals surface area contributed by atoms with Gasteiger partial charge >= 0.3 is 0 Å². The van der Waals surface area contributed by atoms with Crippen LogP contribution in [0.4, 0.5) is 10.2 Å². The largest absolute Gasteiger partial charge is 0.356 e. The number of hydrogen-bond donors (Lipinski definition) is 2. The summed E-state index contributed by atoms with van der Waals surface area (Å²) in [7, 11) is 1.75. The molecule has 0 atom stereocenters. The summed E-state index contributed by atoms with van der Waals surface area (Å²) in [5, 5.41) is 3.75. The lowest BCUT2D eigenvalue weighted by Crippen LogP contribution is -2.48. The molecule has 3 heterocycles. The zero-order valence-corrected chi connectivity index (χ0v) is 15.2. The number of nitrogens with zero attached hydrogens (tertiary/aromatic N) is 4. The number of carbonyl (C=O) groups is 1. The van der Waals surface area contributed by atoms with Crippen LogP contribution in [0.3, 0.4) is 0 Å². The highest BCUT2D eigenvalue weighted by Crippen LogP contribution is 2.26. The number of likely N-dealkylation sites (N-methyl/N-ethyl adjacent to an activating group) is 1. The van der Waals surface area contributed by atoms with Gasteiger partial charge in [0.15, 0.2) is 5.82 Å². The summed E-state index contributed by atoms with van der Waals surface area (Å²) in [4.78, 5) is 29.9. The Bertz CT molecular complexity index is 958. The molecule has 0 bridgehead atoms. The van der Waals surface area contributed by atoms with Gasteiger partial charge in [0.1, 0.15) is 22.8 Å². The minimum atomic E-state index is -0.829. The molecule has 0 saturated heterocycles. The first kappa shape index (κ1) is 17.8. The van der Waals surface area contributed by atoms with Crippen molar-refractivity contribution in [2.45, 2.75) is 26.3 Å². The van der Waals surface area contributed by atoms with E-state index in [1.807, 2.05) is 6.92 Å². The van der Waals surface area contributed by atoms with Crippen molar-refractivity contribution in [2.75, 3.05) is 18.9 Å². The molecule has 7 nitrogen and oxygen atoms in total. The van der Waals surface area contributed by atoms with E-state index >= 15 is 0 Å². The number of anilines is 1. The first-order valence-corrected chi connectivity index (χ1v) is 8.31. The van der Waals surface area contributed by atoms with Gasteiger partial charge in [0, 0.05) is 38.4 Å². The van der Waals surface area contributed by atoms with Gasteiger partial charge in [-0.15, -0.1) is 0 Å². The third-order valence-electron chi connectivity index (χ3n) is 4.19. The van der Waals surface area contributed by atoms with E-state index < -0.39 is 11.4 Å². The van der Waals surface area contributed by atoms with Gasteiger partial charge in [0.05, 0.1) is 6.20 Å². The molecule has 1 amide bonds. The number of amides is 1. The minimum Gasteiger partial charge on any atom is -0.356 e. The number of H-pyrrole nitrogens is 1. The molecule has 0 saturated carbocycles. The quantitative estimate of drug-likeness (QED) is 0.732. The highest BCUT2D eigenvalue weighted by molar-refractivity contribution is 5.92. The predicted molar refractivity (Wildman–Crippen MR) is 100 cm³/mol. The lowest BCUT2D eigenvalue weighted by Gasteiger charge is -2.30. The number of carbonyl (C=O) groups excluding carboxylic acids is 1. The molecule has 138 valence electrons. The van der Waals surface area contributed by atoms with Gasteiger partial charge in [0.2, 0.25) is 5.91 Å².